The van der Waals surface area contributed by atoms with Gasteiger partial charge in [-0.25, -0.2) is 9.29 Å². The summed E-state index contributed by atoms with van der Waals surface area (Å²) in [6.45, 7) is 0. The van der Waals surface area contributed by atoms with Crippen LogP contribution in [0.5, 0.6) is 0 Å². The second-order valence-corrected chi connectivity index (χ2v) is 6.48. The predicted octanol–water partition coefficient (Wildman–Crippen LogP) is 3.45. The van der Waals surface area contributed by atoms with Crippen molar-refractivity contribution in [1.82, 2.24) is 9.88 Å². The number of anilines is 1. The number of rotatable bonds is 3. The Hall–Kier alpha value is -3.58. The van der Waals surface area contributed by atoms with Crippen LogP contribution in [0.1, 0.15) is 5.56 Å². The van der Waals surface area contributed by atoms with Crippen LogP contribution in [0.3, 0.4) is 0 Å². The van der Waals surface area contributed by atoms with Crippen LogP contribution in [-0.4, -0.2) is 21.5 Å². The van der Waals surface area contributed by atoms with E-state index < -0.39 is 17.6 Å². The normalized spacial score (nSPS) is 15.8. The van der Waals surface area contributed by atoms with Gasteiger partial charge in [0.25, 0.3) is 11.8 Å². The summed E-state index contributed by atoms with van der Waals surface area (Å²) in [5.41, 5.74) is 1.47. The Kier molecular flexibility index (Phi) is 4.58. The van der Waals surface area contributed by atoms with Crippen molar-refractivity contribution in [3.63, 3.8) is 0 Å². The molecule has 1 aromatic heterocycles. The Balaban J connectivity index is 1.70. The first kappa shape index (κ1) is 17.8. The van der Waals surface area contributed by atoms with E-state index in [2.05, 4.69) is 5.32 Å². The SMILES string of the molecule is O=C1NC(=S)N(c2ccccc2F)C(=O)/C1=C\c1ccn(-c2ccccc2)c1. The molecule has 1 N–H and O–H groups in total. The standard InChI is InChI=1S/C21H14FN3O2S/c22-17-8-4-5-9-18(17)25-20(27)16(19(26)23-21(25)28)12-14-10-11-24(13-14)15-6-2-1-3-7-15/h1-13H,(H,23,26,28)/b16-12-. The molecule has 1 fully saturated rings. The lowest BCUT2D eigenvalue weighted by Gasteiger charge is -2.29. The largest absolute Gasteiger partial charge is 0.323 e. The molecule has 7 heteroatoms. The number of thiocarbonyl (C=S) groups is 1. The number of nitrogens with one attached hydrogen (secondary N) is 1. The van der Waals surface area contributed by atoms with Crippen LogP contribution in [0.25, 0.3) is 11.8 Å². The summed E-state index contributed by atoms with van der Waals surface area (Å²) in [4.78, 5) is 26.3. The Bertz CT molecular complexity index is 1120. The van der Waals surface area contributed by atoms with E-state index in [0.29, 0.717) is 5.56 Å². The maximum atomic E-state index is 14.2. The molecule has 5 nitrogen and oxygen atoms in total. The first-order valence-electron chi connectivity index (χ1n) is 8.44. The van der Waals surface area contributed by atoms with Crippen molar-refractivity contribution in [3.05, 3.63) is 90.0 Å². The molecule has 0 radical (unpaired) electrons. The van der Waals surface area contributed by atoms with Crippen LogP contribution < -0.4 is 10.2 Å². The van der Waals surface area contributed by atoms with Crippen molar-refractivity contribution >= 4 is 40.9 Å². The highest BCUT2D eigenvalue weighted by atomic mass is 32.1. The monoisotopic (exact) mass is 391 g/mol. The summed E-state index contributed by atoms with van der Waals surface area (Å²) in [5.74, 6) is -1.90. The van der Waals surface area contributed by atoms with Crippen molar-refractivity contribution in [1.29, 1.82) is 0 Å². The van der Waals surface area contributed by atoms with Gasteiger partial charge in [0, 0.05) is 18.1 Å². The van der Waals surface area contributed by atoms with E-state index in [0.717, 1.165) is 10.6 Å². The Morgan fingerprint density at radius 3 is 2.43 bits per heavy atom. The van der Waals surface area contributed by atoms with E-state index >= 15 is 0 Å². The summed E-state index contributed by atoms with van der Waals surface area (Å²) in [6.07, 6.45) is 5.09. The van der Waals surface area contributed by atoms with Gasteiger partial charge in [-0.3, -0.25) is 14.9 Å². The molecular formula is C21H14FN3O2S. The van der Waals surface area contributed by atoms with Crippen molar-refractivity contribution in [2.75, 3.05) is 4.90 Å². The second kappa shape index (κ2) is 7.21. The lowest BCUT2D eigenvalue weighted by Crippen LogP contribution is -2.54. The summed E-state index contributed by atoms with van der Waals surface area (Å²) < 4.78 is 16.0. The van der Waals surface area contributed by atoms with Crippen molar-refractivity contribution in [2.24, 2.45) is 0 Å². The summed E-state index contributed by atoms with van der Waals surface area (Å²) in [7, 11) is 0. The van der Waals surface area contributed by atoms with Gasteiger partial charge < -0.3 is 4.57 Å². The van der Waals surface area contributed by atoms with Crippen molar-refractivity contribution in [3.8, 4) is 5.69 Å². The lowest BCUT2D eigenvalue weighted by molar-refractivity contribution is -0.122. The van der Waals surface area contributed by atoms with Gasteiger partial charge in [0.15, 0.2) is 5.11 Å². The number of amides is 2. The zero-order chi connectivity index (χ0) is 19.7. The Morgan fingerprint density at radius 2 is 1.68 bits per heavy atom. The molecule has 0 bridgehead atoms. The van der Waals surface area contributed by atoms with Gasteiger partial charge in [-0.15, -0.1) is 0 Å². The van der Waals surface area contributed by atoms with Crippen LogP contribution in [0.4, 0.5) is 10.1 Å². The molecule has 0 saturated carbocycles. The van der Waals surface area contributed by atoms with Gasteiger partial charge in [-0.2, -0.15) is 0 Å². The number of aromatic nitrogens is 1. The first-order chi connectivity index (χ1) is 13.5. The molecule has 0 atom stereocenters. The van der Waals surface area contributed by atoms with Gasteiger partial charge in [-0.1, -0.05) is 30.3 Å². The van der Waals surface area contributed by atoms with Crippen LogP contribution in [-0.2, 0) is 9.59 Å². The minimum Gasteiger partial charge on any atom is -0.323 e. The average molecular weight is 391 g/mol. The number of benzene rings is 2. The summed E-state index contributed by atoms with van der Waals surface area (Å²) in [5, 5.41) is 2.30. The smallest absolute Gasteiger partial charge is 0.270 e. The Morgan fingerprint density at radius 1 is 0.964 bits per heavy atom. The van der Waals surface area contributed by atoms with Gasteiger partial charge in [0.2, 0.25) is 0 Å². The second-order valence-electron chi connectivity index (χ2n) is 6.10. The third kappa shape index (κ3) is 3.23. The minimum atomic E-state index is -0.675. The molecule has 3 aromatic rings. The van der Waals surface area contributed by atoms with E-state index in [1.165, 1.54) is 24.3 Å². The molecular weight excluding hydrogens is 377 g/mol. The number of halogens is 1. The lowest BCUT2D eigenvalue weighted by atomic mass is 10.1. The number of carbonyl (C=O) groups is 2. The fourth-order valence-electron chi connectivity index (χ4n) is 2.94. The number of nitrogens with zero attached hydrogens (tertiary/aromatic N) is 2. The van der Waals surface area contributed by atoms with Gasteiger partial charge in [0.1, 0.15) is 11.4 Å². The van der Waals surface area contributed by atoms with Crippen molar-refractivity contribution in [2.45, 2.75) is 0 Å². The number of hydrogen-bond acceptors (Lipinski definition) is 3. The van der Waals surface area contributed by atoms with Crippen LogP contribution in [0.2, 0.25) is 0 Å². The highest BCUT2D eigenvalue weighted by molar-refractivity contribution is 7.80. The fourth-order valence-corrected chi connectivity index (χ4v) is 3.21. The molecule has 1 aliphatic rings. The Labute approximate surface area is 165 Å². The summed E-state index contributed by atoms with van der Waals surface area (Å²) >= 11 is 5.08. The van der Waals surface area contributed by atoms with E-state index in [4.69, 9.17) is 12.2 Å². The zero-order valence-corrected chi connectivity index (χ0v) is 15.3. The highest BCUT2D eigenvalue weighted by Crippen LogP contribution is 2.24. The topological polar surface area (TPSA) is 54.3 Å². The maximum Gasteiger partial charge on any atom is 0.270 e. The molecule has 0 unspecified atom stereocenters. The predicted molar refractivity (Wildman–Crippen MR) is 108 cm³/mol. The first-order valence-corrected chi connectivity index (χ1v) is 8.85. The number of carbonyl (C=O) groups excluding carboxylic acids is 2. The third-order valence-corrected chi connectivity index (χ3v) is 4.56. The number of para-hydroxylation sites is 2. The van der Waals surface area contributed by atoms with Gasteiger partial charge >= 0.3 is 0 Å². The molecule has 2 amide bonds. The molecule has 138 valence electrons. The van der Waals surface area contributed by atoms with E-state index in [1.54, 1.807) is 18.3 Å². The minimum absolute atomic E-state index is 0.00902. The van der Waals surface area contributed by atoms with E-state index in [1.807, 2.05) is 41.1 Å². The van der Waals surface area contributed by atoms with Crippen molar-refractivity contribution < 1.29 is 14.0 Å². The number of hydrogen-bond donors (Lipinski definition) is 1. The average Bonchev–Trinajstić information content (AvgIpc) is 3.16. The van der Waals surface area contributed by atoms with Gasteiger partial charge in [-0.05, 0) is 54.2 Å². The fraction of sp³-hybridized carbons (Fsp3) is 0. The molecule has 1 aliphatic heterocycles. The maximum absolute atomic E-state index is 14.2. The quantitative estimate of drug-likeness (QED) is 0.423. The summed E-state index contributed by atoms with van der Waals surface area (Å²) in [6, 6.07) is 17.2. The van der Waals surface area contributed by atoms with Crippen LogP contribution in [0.15, 0.2) is 78.6 Å². The van der Waals surface area contributed by atoms with E-state index in [-0.39, 0.29) is 16.4 Å². The van der Waals surface area contributed by atoms with E-state index in [9.17, 15) is 14.0 Å². The molecule has 0 aliphatic carbocycles. The highest BCUT2D eigenvalue weighted by Gasteiger charge is 2.35. The van der Waals surface area contributed by atoms with Crippen LogP contribution >= 0.6 is 12.2 Å². The van der Waals surface area contributed by atoms with Gasteiger partial charge in [0.05, 0.1) is 5.69 Å². The molecule has 2 heterocycles. The molecule has 28 heavy (non-hydrogen) atoms. The van der Waals surface area contributed by atoms with Crippen LogP contribution in [0, 0.1) is 5.82 Å². The molecule has 0 spiro atoms. The molecule has 4 rings (SSSR count). The molecule has 1 saturated heterocycles. The third-order valence-electron chi connectivity index (χ3n) is 4.28. The zero-order valence-electron chi connectivity index (χ0n) is 14.5. The molecule has 2 aromatic carbocycles.